The summed E-state index contributed by atoms with van der Waals surface area (Å²) in [5.74, 6) is 0.242. The standard InChI is InChI=1S/C12H12N4O/c1-14-12(17)9-4-2-3-8(7-9)10-5-6-11(13)16-15-10/h2-7H,1H3,(H2,13,16)(H,14,17). The van der Waals surface area contributed by atoms with Gasteiger partial charge in [0.25, 0.3) is 5.91 Å². The van der Waals surface area contributed by atoms with E-state index < -0.39 is 0 Å². The lowest BCUT2D eigenvalue weighted by atomic mass is 10.1. The number of amides is 1. The van der Waals surface area contributed by atoms with Gasteiger partial charge in [-0.25, -0.2) is 0 Å². The van der Waals surface area contributed by atoms with Crippen LogP contribution >= 0.6 is 0 Å². The number of nitrogens with two attached hydrogens (primary N) is 1. The molecule has 1 aromatic carbocycles. The minimum Gasteiger partial charge on any atom is -0.382 e. The first kappa shape index (κ1) is 11.1. The van der Waals surface area contributed by atoms with Crippen LogP contribution in [0.15, 0.2) is 36.4 Å². The Bertz CT molecular complexity index is 536. The van der Waals surface area contributed by atoms with Crippen molar-refractivity contribution in [3.05, 3.63) is 42.0 Å². The van der Waals surface area contributed by atoms with Gasteiger partial charge in [-0.2, -0.15) is 0 Å². The molecule has 17 heavy (non-hydrogen) atoms. The quantitative estimate of drug-likeness (QED) is 0.806. The fourth-order valence-corrected chi connectivity index (χ4v) is 1.46. The Morgan fingerprint density at radius 1 is 1.24 bits per heavy atom. The number of aromatic nitrogens is 2. The summed E-state index contributed by atoms with van der Waals surface area (Å²) in [6.07, 6.45) is 0. The van der Waals surface area contributed by atoms with Crippen LogP contribution < -0.4 is 11.1 Å². The van der Waals surface area contributed by atoms with Crippen molar-refractivity contribution in [3.8, 4) is 11.3 Å². The van der Waals surface area contributed by atoms with E-state index in [-0.39, 0.29) is 5.91 Å². The maximum absolute atomic E-state index is 11.5. The number of hydrogen-bond donors (Lipinski definition) is 2. The van der Waals surface area contributed by atoms with E-state index in [2.05, 4.69) is 15.5 Å². The van der Waals surface area contributed by atoms with Crippen molar-refractivity contribution in [2.24, 2.45) is 0 Å². The predicted molar refractivity (Wildman–Crippen MR) is 65.3 cm³/mol. The molecule has 0 saturated carbocycles. The fourth-order valence-electron chi connectivity index (χ4n) is 1.46. The Morgan fingerprint density at radius 2 is 2.06 bits per heavy atom. The Balaban J connectivity index is 2.39. The van der Waals surface area contributed by atoms with Crippen molar-refractivity contribution >= 4 is 11.7 Å². The molecule has 0 aliphatic carbocycles. The van der Waals surface area contributed by atoms with Gasteiger partial charge in [-0.3, -0.25) is 4.79 Å². The zero-order valence-electron chi connectivity index (χ0n) is 9.34. The van der Waals surface area contributed by atoms with E-state index in [0.717, 1.165) is 5.56 Å². The molecule has 0 fully saturated rings. The highest BCUT2D eigenvalue weighted by Crippen LogP contribution is 2.17. The molecule has 0 aliphatic rings. The first-order chi connectivity index (χ1) is 8.20. The van der Waals surface area contributed by atoms with E-state index in [1.165, 1.54) is 0 Å². The van der Waals surface area contributed by atoms with Crippen LogP contribution in [0.3, 0.4) is 0 Å². The number of nitrogen functional groups attached to an aromatic ring is 1. The molecule has 0 saturated heterocycles. The number of anilines is 1. The van der Waals surface area contributed by atoms with E-state index in [4.69, 9.17) is 5.73 Å². The molecule has 5 heteroatoms. The average molecular weight is 228 g/mol. The predicted octanol–water partition coefficient (Wildman–Crippen LogP) is 1.09. The van der Waals surface area contributed by atoms with Gasteiger partial charge in [0.2, 0.25) is 0 Å². The lowest BCUT2D eigenvalue weighted by Crippen LogP contribution is -2.17. The van der Waals surface area contributed by atoms with Crippen molar-refractivity contribution in [2.75, 3.05) is 12.8 Å². The molecule has 2 aromatic rings. The van der Waals surface area contributed by atoms with Gasteiger partial charge in [0.1, 0.15) is 5.82 Å². The Kier molecular flexibility index (Phi) is 3.00. The smallest absolute Gasteiger partial charge is 0.251 e. The molecule has 0 spiro atoms. The van der Waals surface area contributed by atoms with Crippen molar-refractivity contribution in [1.82, 2.24) is 15.5 Å². The van der Waals surface area contributed by atoms with E-state index in [1.54, 1.807) is 37.4 Å². The Hall–Kier alpha value is -2.43. The van der Waals surface area contributed by atoms with E-state index in [0.29, 0.717) is 17.1 Å². The normalized spacial score (nSPS) is 9.94. The van der Waals surface area contributed by atoms with Crippen molar-refractivity contribution < 1.29 is 4.79 Å². The van der Waals surface area contributed by atoms with Crippen LogP contribution in [0.1, 0.15) is 10.4 Å². The zero-order valence-corrected chi connectivity index (χ0v) is 9.34. The van der Waals surface area contributed by atoms with Gasteiger partial charge in [-0.1, -0.05) is 12.1 Å². The molecule has 86 valence electrons. The van der Waals surface area contributed by atoms with Crippen molar-refractivity contribution in [2.45, 2.75) is 0 Å². The topological polar surface area (TPSA) is 80.9 Å². The molecule has 5 nitrogen and oxygen atoms in total. The molecule has 1 amide bonds. The third-order valence-corrected chi connectivity index (χ3v) is 2.33. The molecule has 0 bridgehead atoms. The maximum Gasteiger partial charge on any atom is 0.251 e. The molecule has 0 radical (unpaired) electrons. The summed E-state index contributed by atoms with van der Waals surface area (Å²) < 4.78 is 0. The number of benzene rings is 1. The summed E-state index contributed by atoms with van der Waals surface area (Å²) >= 11 is 0. The van der Waals surface area contributed by atoms with E-state index in [1.807, 2.05) is 6.07 Å². The SMILES string of the molecule is CNC(=O)c1cccc(-c2ccc(N)nn2)c1. The third kappa shape index (κ3) is 2.39. The highest BCUT2D eigenvalue weighted by molar-refractivity contribution is 5.95. The summed E-state index contributed by atoms with van der Waals surface area (Å²) in [4.78, 5) is 11.5. The first-order valence-corrected chi connectivity index (χ1v) is 5.12. The lowest BCUT2D eigenvalue weighted by molar-refractivity contribution is 0.0963. The van der Waals surface area contributed by atoms with Gasteiger partial charge < -0.3 is 11.1 Å². The van der Waals surface area contributed by atoms with Gasteiger partial charge in [-0.05, 0) is 24.3 Å². The number of rotatable bonds is 2. The van der Waals surface area contributed by atoms with Crippen LogP contribution in [0, 0.1) is 0 Å². The minimum absolute atomic E-state index is 0.129. The fraction of sp³-hybridized carbons (Fsp3) is 0.0833. The number of nitrogens with one attached hydrogen (secondary N) is 1. The average Bonchev–Trinajstić information content (AvgIpc) is 2.39. The summed E-state index contributed by atoms with van der Waals surface area (Å²) in [5.41, 5.74) is 7.57. The number of carbonyl (C=O) groups is 1. The molecule has 1 heterocycles. The Labute approximate surface area is 98.7 Å². The Morgan fingerprint density at radius 3 is 2.71 bits per heavy atom. The van der Waals surface area contributed by atoms with Crippen LogP contribution in [0.2, 0.25) is 0 Å². The van der Waals surface area contributed by atoms with Gasteiger partial charge in [-0.15, -0.1) is 10.2 Å². The largest absolute Gasteiger partial charge is 0.382 e. The summed E-state index contributed by atoms with van der Waals surface area (Å²) in [5, 5.41) is 10.3. The summed E-state index contributed by atoms with van der Waals surface area (Å²) in [6, 6.07) is 10.6. The monoisotopic (exact) mass is 228 g/mol. The maximum atomic E-state index is 11.5. The second-order valence-corrected chi connectivity index (χ2v) is 3.50. The molecule has 0 unspecified atom stereocenters. The highest BCUT2D eigenvalue weighted by Gasteiger charge is 2.05. The lowest BCUT2D eigenvalue weighted by Gasteiger charge is -2.03. The van der Waals surface area contributed by atoms with Gasteiger partial charge in [0, 0.05) is 18.2 Å². The summed E-state index contributed by atoms with van der Waals surface area (Å²) in [6.45, 7) is 0. The molecule has 0 aliphatic heterocycles. The molecular weight excluding hydrogens is 216 g/mol. The molecular formula is C12H12N4O. The van der Waals surface area contributed by atoms with Gasteiger partial charge in [0.05, 0.1) is 5.69 Å². The second-order valence-electron chi connectivity index (χ2n) is 3.50. The van der Waals surface area contributed by atoms with Crippen LogP contribution in [0.4, 0.5) is 5.82 Å². The van der Waals surface area contributed by atoms with Gasteiger partial charge >= 0.3 is 0 Å². The van der Waals surface area contributed by atoms with Crippen molar-refractivity contribution in [3.63, 3.8) is 0 Å². The minimum atomic E-state index is -0.129. The zero-order chi connectivity index (χ0) is 12.3. The summed E-state index contributed by atoms with van der Waals surface area (Å²) in [7, 11) is 1.60. The molecule has 3 N–H and O–H groups in total. The molecule has 1 aromatic heterocycles. The number of carbonyl (C=O) groups excluding carboxylic acids is 1. The number of nitrogens with zero attached hydrogens (tertiary/aromatic N) is 2. The number of hydrogen-bond acceptors (Lipinski definition) is 4. The highest BCUT2D eigenvalue weighted by atomic mass is 16.1. The van der Waals surface area contributed by atoms with Crippen LogP contribution in [-0.2, 0) is 0 Å². The third-order valence-electron chi connectivity index (χ3n) is 2.33. The first-order valence-electron chi connectivity index (χ1n) is 5.12. The van der Waals surface area contributed by atoms with Crippen molar-refractivity contribution in [1.29, 1.82) is 0 Å². The van der Waals surface area contributed by atoms with E-state index >= 15 is 0 Å². The van der Waals surface area contributed by atoms with E-state index in [9.17, 15) is 4.79 Å². The van der Waals surface area contributed by atoms with Gasteiger partial charge in [0.15, 0.2) is 0 Å². The van der Waals surface area contributed by atoms with Crippen LogP contribution in [0.5, 0.6) is 0 Å². The van der Waals surface area contributed by atoms with Crippen LogP contribution in [0.25, 0.3) is 11.3 Å². The van der Waals surface area contributed by atoms with Crippen LogP contribution in [-0.4, -0.2) is 23.2 Å². The second kappa shape index (κ2) is 4.61. The molecule has 0 atom stereocenters. The molecule has 2 rings (SSSR count).